The molecule has 1 rings (SSSR count). The van der Waals surface area contributed by atoms with Crippen molar-refractivity contribution in [2.75, 3.05) is 13.1 Å². The minimum Gasteiger partial charge on any atom is -0.465 e. The zero-order chi connectivity index (χ0) is 10.1. The molecular weight excluding hydrogens is 189 g/mol. The van der Waals surface area contributed by atoms with Crippen molar-refractivity contribution in [3.05, 3.63) is 0 Å². The van der Waals surface area contributed by atoms with Crippen molar-refractivity contribution in [2.24, 2.45) is 5.92 Å². The molecule has 7 heteroatoms. The monoisotopic (exact) mass is 198 g/mol. The number of hydrogen-bond acceptors (Lipinski definition) is 2. The SMILES string of the molecule is O=C(O)N[C@@H]1CNC[C@H]1C(F)(F)F. The fraction of sp³-hybridized carbons (Fsp3) is 0.833. The van der Waals surface area contributed by atoms with Crippen LogP contribution in [0.25, 0.3) is 0 Å². The molecule has 76 valence electrons. The summed E-state index contributed by atoms with van der Waals surface area (Å²) in [6.45, 7) is -0.203. The van der Waals surface area contributed by atoms with Crippen molar-refractivity contribution in [2.45, 2.75) is 12.2 Å². The highest BCUT2D eigenvalue weighted by Crippen LogP contribution is 2.30. The van der Waals surface area contributed by atoms with Gasteiger partial charge in [0.2, 0.25) is 0 Å². The molecule has 0 aromatic carbocycles. The van der Waals surface area contributed by atoms with Gasteiger partial charge in [-0.1, -0.05) is 0 Å². The fourth-order valence-electron chi connectivity index (χ4n) is 1.33. The predicted molar refractivity (Wildman–Crippen MR) is 37.4 cm³/mol. The summed E-state index contributed by atoms with van der Waals surface area (Å²) in [6.07, 6.45) is -5.78. The molecule has 0 aromatic rings. The highest BCUT2D eigenvalue weighted by atomic mass is 19.4. The molecular formula is C6H9F3N2O2. The van der Waals surface area contributed by atoms with Crippen LogP contribution in [0.3, 0.4) is 0 Å². The molecule has 4 nitrogen and oxygen atoms in total. The minimum atomic E-state index is -4.35. The van der Waals surface area contributed by atoms with Crippen LogP contribution < -0.4 is 10.6 Å². The average molecular weight is 198 g/mol. The summed E-state index contributed by atoms with van der Waals surface area (Å²) in [4.78, 5) is 10.1. The van der Waals surface area contributed by atoms with Crippen molar-refractivity contribution in [3.63, 3.8) is 0 Å². The zero-order valence-corrected chi connectivity index (χ0v) is 6.56. The van der Waals surface area contributed by atoms with E-state index in [0.717, 1.165) is 0 Å². The molecule has 1 heterocycles. The van der Waals surface area contributed by atoms with Crippen LogP contribution in [0.4, 0.5) is 18.0 Å². The summed E-state index contributed by atoms with van der Waals surface area (Å²) in [5.74, 6) is -1.62. The lowest BCUT2D eigenvalue weighted by molar-refractivity contribution is -0.173. The molecule has 0 unspecified atom stereocenters. The Morgan fingerprint density at radius 3 is 2.54 bits per heavy atom. The highest BCUT2D eigenvalue weighted by molar-refractivity contribution is 5.65. The first kappa shape index (κ1) is 10.1. The Bertz CT molecular complexity index is 207. The van der Waals surface area contributed by atoms with Gasteiger partial charge in [-0.25, -0.2) is 4.79 Å². The maximum atomic E-state index is 12.2. The van der Waals surface area contributed by atoms with Gasteiger partial charge in [-0.3, -0.25) is 0 Å². The fourth-order valence-corrected chi connectivity index (χ4v) is 1.33. The van der Waals surface area contributed by atoms with Gasteiger partial charge in [-0.2, -0.15) is 13.2 Å². The van der Waals surface area contributed by atoms with Crippen LogP contribution in [0.1, 0.15) is 0 Å². The topological polar surface area (TPSA) is 61.4 Å². The Balaban J connectivity index is 2.59. The Kier molecular flexibility index (Phi) is 2.65. The highest BCUT2D eigenvalue weighted by Gasteiger charge is 2.47. The lowest BCUT2D eigenvalue weighted by Gasteiger charge is -2.20. The van der Waals surface area contributed by atoms with E-state index in [-0.39, 0.29) is 13.1 Å². The van der Waals surface area contributed by atoms with Gasteiger partial charge in [-0.15, -0.1) is 0 Å². The number of carboxylic acid groups (broad SMARTS) is 1. The Hall–Kier alpha value is -0.980. The molecule has 0 aliphatic carbocycles. The van der Waals surface area contributed by atoms with Crippen molar-refractivity contribution in [3.8, 4) is 0 Å². The van der Waals surface area contributed by atoms with Crippen LogP contribution in [-0.4, -0.2) is 36.5 Å². The molecule has 1 fully saturated rings. The second kappa shape index (κ2) is 3.41. The normalized spacial score (nSPS) is 28.8. The van der Waals surface area contributed by atoms with Crippen LogP contribution in [0.15, 0.2) is 0 Å². The summed E-state index contributed by atoms with van der Waals surface area (Å²) in [5, 5.41) is 12.6. The number of nitrogens with one attached hydrogen (secondary N) is 2. The molecule has 1 saturated heterocycles. The van der Waals surface area contributed by atoms with E-state index < -0.39 is 24.2 Å². The van der Waals surface area contributed by atoms with Crippen LogP contribution in [0.5, 0.6) is 0 Å². The molecule has 13 heavy (non-hydrogen) atoms. The average Bonchev–Trinajstić information content (AvgIpc) is 2.31. The molecule has 3 N–H and O–H groups in total. The summed E-state index contributed by atoms with van der Waals surface area (Å²) < 4.78 is 36.6. The second-order valence-corrected chi connectivity index (χ2v) is 2.86. The number of amides is 1. The first-order valence-electron chi connectivity index (χ1n) is 3.68. The van der Waals surface area contributed by atoms with Crippen LogP contribution in [0.2, 0.25) is 0 Å². The maximum Gasteiger partial charge on any atom is 0.404 e. The molecule has 1 aliphatic rings. The van der Waals surface area contributed by atoms with Crippen molar-refractivity contribution < 1.29 is 23.1 Å². The number of alkyl halides is 3. The third-order valence-electron chi connectivity index (χ3n) is 1.94. The molecule has 0 radical (unpaired) electrons. The third kappa shape index (κ3) is 2.48. The first-order valence-corrected chi connectivity index (χ1v) is 3.68. The van der Waals surface area contributed by atoms with Gasteiger partial charge in [0, 0.05) is 13.1 Å². The van der Waals surface area contributed by atoms with E-state index >= 15 is 0 Å². The summed E-state index contributed by atoms with van der Waals surface area (Å²) in [5.41, 5.74) is 0. The smallest absolute Gasteiger partial charge is 0.404 e. The first-order chi connectivity index (χ1) is 5.91. The van der Waals surface area contributed by atoms with Gasteiger partial charge in [0.25, 0.3) is 0 Å². The molecule has 0 bridgehead atoms. The van der Waals surface area contributed by atoms with Crippen LogP contribution >= 0.6 is 0 Å². The van der Waals surface area contributed by atoms with Gasteiger partial charge in [0.15, 0.2) is 0 Å². The van der Waals surface area contributed by atoms with Crippen molar-refractivity contribution in [1.29, 1.82) is 0 Å². The quantitative estimate of drug-likeness (QED) is 0.571. The maximum absolute atomic E-state index is 12.2. The largest absolute Gasteiger partial charge is 0.465 e. The van der Waals surface area contributed by atoms with E-state index in [1.807, 2.05) is 5.32 Å². The number of halogens is 3. The lowest BCUT2D eigenvalue weighted by atomic mass is 10.0. The van der Waals surface area contributed by atoms with Crippen LogP contribution in [-0.2, 0) is 0 Å². The van der Waals surface area contributed by atoms with Crippen molar-refractivity contribution >= 4 is 6.09 Å². The molecule has 0 saturated carbocycles. The van der Waals surface area contributed by atoms with E-state index in [0.29, 0.717) is 0 Å². The second-order valence-electron chi connectivity index (χ2n) is 2.86. The van der Waals surface area contributed by atoms with E-state index in [1.54, 1.807) is 0 Å². The summed E-state index contributed by atoms with van der Waals surface area (Å²) >= 11 is 0. The van der Waals surface area contributed by atoms with Gasteiger partial charge in [-0.05, 0) is 0 Å². The molecule has 0 spiro atoms. The van der Waals surface area contributed by atoms with Gasteiger partial charge in [0.1, 0.15) is 0 Å². The molecule has 0 aromatic heterocycles. The Morgan fingerprint density at radius 1 is 1.46 bits per heavy atom. The van der Waals surface area contributed by atoms with E-state index in [9.17, 15) is 18.0 Å². The summed E-state index contributed by atoms with van der Waals surface area (Å²) in [6, 6.07) is -1.07. The van der Waals surface area contributed by atoms with Crippen LogP contribution in [0, 0.1) is 5.92 Å². The predicted octanol–water partition coefficient (Wildman–Crippen LogP) is 0.404. The Morgan fingerprint density at radius 2 is 2.08 bits per heavy atom. The zero-order valence-electron chi connectivity index (χ0n) is 6.56. The molecule has 1 amide bonds. The van der Waals surface area contributed by atoms with Gasteiger partial charge < -0.3 is 15.7 Å². The minimum absolute atomic E-state index is 0.0243. The standard InChI is InChI=1S/C6H9F3N2O2/c7-6(8,9)3-1-10-2-4(3)11-5(12)13/h3-4,10-11H,1-2H2,(H,12,13)/t3-,4-/m1/s1. The van der Waals surface area contributed by atoms with Gasteiger partial charge >= 0.3 is 12.3 Å². The Labute approximate surface area is 72.1 Å². The van der Waals surface area contributed by atoms with Gasteiger partial charge in [0.05, 0.1) is 12.0 Å². The van der Waals surface area contributed by atoms with E-state index in [1.165, 1.54) is 0 Å². The van der Waals surface area contributed by atoms with E-state index in [2.05, 4.69) is 5.32 Å². The lowest BCUT2D eigenvalue weighted by Crippen LogP contribution is -2.44. The van der Waals surface area contributed by atoms with E-state index in [4.69, 9.17) is 5.11 Å². The summed E-state index contributed by atoms with van der Waals surface area (Å²) in [7, 11) is 0. The number of hydrogen-bond donors (Lipinski definition) is 3. The third-order valence-corrected chi connectivity index (χ3v) is 1.94. The molecule has 2 atom stereocenters. The van der Waals surface area contributed by atoms with Crippen molar-refractivity contribution in [1.82, 2.24) is 10.6 Å². The number of carbonyl (C=O) groups is 1. The number of rotatable bonds is 1. The molecule has 1 aliphatic heterocycles.